The van der Waals surface area contributed by atoms with Gasteiger partial charge in [0.25, 0.3) is 0 Å². The second-order valence-corrected chi connectivity index (χ2v) is 6.11. The molecule has 112 valence electrons. The SMILES string of the molecule is CCCC(=O)c1ccc2cc(OC(C)(C)CC)ccc2c1. The van der Waals surface area contributed by atoms with E-state index in [1.165, 1.54) is 0 Å². The first-order chi connectivity index (χ1) is 9.95. The Morgan fingerprint density at radius 1 is 1.05 bits per heavy atom. The lowest BCUT2D eigenvalue weighted by molar-refractivity contribution is 0.0981. The van der Waals surface area contributed by atoms with Crippen molar-refractivity contribution in [2.45, 2.75) is 52.6 Å². The van der Waals surface area contributed by atoms with Gasteiger partial charge in [0.15, 0.2) is 5.78 Å². The summed E-state index contributed by atoms with van der Waals surface area (Å²) in [5, 5.41) is 2.19. The smallest absolute Gasteiger partial charge is 0.162 e. The average Bonchev–Trinajstić information content (AvgIpc) is 2.46. The molecule has 0 fully saturated rings. The van der Waals surface area contributed by atoms with Gasteiger partial charge in [-0.1, -0.05) is 32.0 Å². The first-order valence-electron chi connectivity index (χ1n) is 7.71. The highest BCUT2D eigenvalue weighted by molar-refractivity contribution is 6.00. The van der Waals surface area contributed by atoms with Gasteiger partial charge in [-0.05, 0) is 55.7 Å². The van der Waals surface area contributed by atoms with Crippen LogP contribution in [0.5, 0.6) is 5.75 Å². The van der Waals surface area contributed by atoms with Crippen LogP contribution in [0, 0.1) is 0 Å². The molecule has 0 aromatic heterocycles. The number of benzene rings is 2. The van der Waals surface area contributed by atoms with Gasteiger partial charge in [0.1, 0.15) is 11.4 Å². The molecule has 0 atom stereocenters. The highest BCUT2D eigenvalue weighted by Crippen LogP contribution is 2.26. The van der Waals surface area contributed by atoms with Gasteiger partial charge in [0.2, 0.25) is 0 Å². The van der Waals surface area contributed by atoms with Crippen LogP contribution >= 0.6 is 0 Å². The summed E-state index contributed by atoms with van der Waals surface area (Å²) in [6, 6.07) is 11.9. The zero-order valence-corrected chi connectivity index (χ0v) is 13.4. The zero-order valence-electron chi connectivity index (χ0n) is 13.4. The molecular formula is C19H24O2. The lowest BCUT2D eigenvalue weighted by atomic mass is 10.0. The van der Waals surface area contributed by atoms with Gasteiger partial charge < -0.3 is 4.74 Å². The Bertz CT molecular complexity index is 641. The van der Waals surface area contributed by atoms with E-state index in [1.54, 1.807) is 0 Å². The fraction of sp³-hybridized carbons (Fsp3) is 0.421. The van der Waals surface area contributed by atoms with Crippen LogP contribution in [-0.4, -0.2) is 11.4 Å². The first kappa shape index (κ1) is 15.6. The summed E-state index contributed by atoms with van der Waals surface area (Å²) in [5.74, 6) is 1.09. The Morgan fingerprint density at radius 2 is 1.71 bits per heavy atom. The van der Waals surface area contributed by atoms with E-state index in [-0.39, 0.29) is 11.4 Å². The van der Waals surface area contributed by atoms with E-state index in [0.717, 1.165) is 34.9 Å². The lowest BCUT2D eigenvalue weighted by Crippen LogP contribution is -2.26. The minimum absolute atomic E-state index is 0.162. The first-order valence-corrected chi connectivity index (χ1v) is 7.71. The molecule has 0 saturated heterocycles. The minimum atomic E-state index is -0.162. The van der Waals surface area contributed by atoms with E-state index in [1.807, 2.05) is 43.3 Å². The molecule has 2 heteroatoms. The Kier molecular flexibility index (Phi) is 4.66. The number of carbonyl (C=O) groups excluding carboxylic acids is 1. The number of hydrogen-bond donors (Lipinski definition) is 0. The summed E-state index contributed by atoms with van der Waals surface area (Å²) in [6.45, 7) is 8.32. The number of ether oxygens (including phenoxy) is 1. The van der Waals surface area contributed by atoms with Crippen LogP contribution in [0.3, 0.4) is 0 Å². The standard InChI is InChI=1S/C19H24O2/c1-5-7-18(20)16-9-8-15-13-17(11-10-14(15)12-16)21-19(3,4)6-2/h8-13H,5-7H2,1-4H3. The predicted octanol–water partition coefficient (Wildman–Crippen LogP) is 5.39. The van der Waals surface area contributed by atoms with Crippen LogP contribution < -0.4 is 4.74 Å². The molecule has 0 aliphatic rings. The van der Waals surface area contributed by atoms with Crippen LogP contribution in [0.4, 0.5) is 0 Å². The van der Waals surface area contributed by atoms with E-state index in [2.05, 4.69) is 20.8 Å². The summed E-state index contributed by atoms with van der Waals surface area (Å²) in [7, 11) is 0. The second kappa shape index (κ2) is 6.30. The zero-order chi connectivity index (χ0) is 15.5. The van der Waals surface area contributed by atoms with E-state index in [0.29, 0.717) is 6.42 Å². The molecule has 0 saturated carbocycles. The van der Waals surface area contributed by atoms with Crippen molar-refractivity contribution < 1.29 is 9.53 Å². The highest BCUT2D eigenvalue weighted by atomic mass is 16.5. The third-order valence-corrected chi connectivity index (χ3v) is 3.86. The van der Waals surface area contributed by atoms with Crippen molar-refractivity contribution in [3.05, 3.63) is 42.0 Å². The molecule has 21 heavy (non-hydrogen) atoms. The van der Waals surface area contributed by atoms with Gasteiger partial charge >= 0.3 is 0 Å². The summed E-state index contributed by atoms with van der Waals surface area (Å²) in [6.07, 6.45) is 2.45. The number of Topliss-reactive ketones (excluding diaryl/α,β-unsaturated/α-hetero) is 1. The molecule has 0 N–H and O–H groups in total. The van der Waals surface area contributed by atoms with Crippen LogP contribution in [0.15, 0.2) is 36.4 Å². The number of rotatable bonds is 6. The molecule has 0 bridgehead atoms. The van der Waals surface area contributed by atoms with Crippen molar-refractivity contribution in [3.8, 4) is 5.75 Å². The predicted molar refractivity (Wildman–Crippen MR) is 88.2 cm³/mol. The molecule has 2 aromatic carbocycles. The maximum atomic E-state index is 12.0. The van der Waals surface area contributed by atoms with Gasteiger partial charge in [-0.3, -0.25) is 4.79 Å². The van der Waals surface area contributed by atoms with Crippen LogP contribution in [0.1, 0.15) is 57.3 Å². The third-order valence-electron chi connectivity index (χ3n) is 3.86. The molecular weight excluding hydrogens is 260 g/mol. The quantitative estimate of drug-likeness (QED) is 0.665. The largest absolute Gasteiger partial charge is 0.488 e. The minimum Gasteiger partial charge on any atom is -0.488 e. The normalized spacial score (nSPS) is 11.6. The van der Waals surface area contributed by atoms with Gasteiger partial charge in [0, 0.05) is 12.0 Å². The molecule has 2 rings (SSSR count). The van der Waals surface area contributed by atoms with Gasteiger partial charge in [0.05, 0.1) is 0 Å². The number of hydrogen-bond acceptors (Lipinski definition) is 2. The summed E-state index contributed by atoms with van der Waals surface area (Å²) in [4.78, 5) is 12.0. The summed E-state index contributed by atoms with van der Waals surface area (Å²) >= 11 is 0. The fourth-order valence-electron chi connectivity index (χ4n) is 2.22. The van der Waals surface area contributed by atoms with Gasteiger partial charge in [-0.2, -0.15) is 0 Å². The van der Waals surface area contributed by atoms with Crippen LogP contribution in [0.25, 0.3) is 10.8 Å². The molecule has 0 unspecified atom stereocenters. The van der Waals surface area contributed by atoms with Gasteiger partial charge in [-0.15, -0.1) is 0 Å². The van der Waals surface area contributed by atoms with E-state index < -0.39 is 0 Å². The van der Waals surface area contributed by atoms with Crippen LogP contribution in [0.2, 0.25) is 0 Å². The van der Waals surface area contributed by atoms with Gasteiger partial charge in [-0.25, -0.2) is 0 Å². The number of carbonyl (C=O) groups is 1. The molecule has 0 heterocycles. The Hall–Kier alpha value is -1.83. The van der Waals surface area contributed by atoms with Crippen molar-refractivity contribution in [1.29, 1.82) is 0 Å². The molecule has 0 aliphatic carbocycles. The summed E-state index contributed by atoms with van der Waals surface area (Å²) < 4.78 is 6.01. The van der Waals surface area contributed by atoms with Crippen molar-refractivity contribution >= 4 is 16.6 Å². The number of ketones is 1. The van der Waals surface area contributed by atoms with E-state index in [9.17, 15) is 4.79 Å². The fourth-order valence-corrected chi connectivity index (χ4v) is 2.22. The molecule has 2 nitrogen and oxygen atoms in total. The Labute approximate surface area is 127 Å². The van der Waals surface area contributed by atoms with E-state index >= 15 is 0 Å². The van der Waals surface area contributed by atoms with Crippen molar-refractivity contribution in [2.24, 2.45) is 0 Å². The Morgan fingerprint density at radius 3 is 2.38 bits per heavy atom. The monoisotopic (exact) mass is 284 g/mol. The second-order valence-electron chi connectivity index (χ2n) is 6.11. The van der Waals surface area contributed by atoms with Crippen molar-refractivity contribution in [1.82, 2.24) is 0 Å². The van der Waals surface area contributed by atoms with Crippen molar-refractivity contribution in [3.63, 3.8) is 0 Å². The maximum Gasteiger partial charge on any atom is 0.162 e. The van der Waals surface area contributed by atoms with Crippen LogP contribution in [-0.2, 0) is 0 Å². The van der Waals surface area contributed by atoms with E-state index in [4.69, 9.17) is 4.74 Å². The maximum absolute atomic E-state index is 12.0. The molecule has 2 aromatic rings. The third kappa shape index (κ3) is 3.84. The highest BCUT2D eigenvalue weighted by Gasteiger charge is 2.16. The summed E-state index contributed by atoms with van der Waals surface area (Å²) in [5.41, 5.74) is 0.636. The number of fused-ring (bicyclic) bond motifs is 1. The topological polar surface area (TPSA) is 26.3 Å². The Balaban J connectivity index is 2.29. The van der Waals surface area contributed by atoms with Crippen molar-refractivity contribution in [2.75, 3.05) is 0 Å². The average molecular weight is 284 g/mol. The molecule has 0 spiro atoms. The lowest BCUT2D eigenvalue weighted by Gasteiger charge is -2.25. The molecule has 0 aliphatic heterocycles. The molecule has 0 radical (unpaired) electrons. The molecule has 0 amide bonds.